The molecule has 0 atom stereocenters. The van der Waals surface area contributed by atoms with Crippen LogP contribution in [-0.4, -0.2) is 35.0 Å². The molecule has 0 saturated heterocycles. The summed E-state index contributed by atoms with van der Waals surface area (Å²) in [6.07, 6.45) is 0. The van der Waals surface area contributed by atoms with E-state index in [1.807, 2.05) is 0 Å². The fraction of sp³-hybridized carbons (Fsp3) is 0.261. The van der Waals surface area contributed by atoms with Crippen LogP contribution < -0.4 is 3.61 Å². The van der Waals surface area contributed by atoms with E-state index in [9.17, 15) is 0 Å². The standard InChI is InChI=1S/C23H22INOTe/c1-14-9-15(2)11-17(10-14)20-18-8-6-5-7-16(18)12-19(27-24)21(20)22-25-23(3,4)13-26-22/h5-12H,13H2,1-4H3. The van der Waals surface area contributed by atoms with Gasteiger partial charge in [-0.3, -0.25) is 0 Å². The van der Waals surface area contributed by atoms with Crippen molar-refractivity contribution in [3.8, 4) is 11.1 Å². The predicted molar refractivity (Wildman–Crippen MR) is 125 cm³/mol. The number of fused-ring (bicyclic) bond motifs is 1. The van der Waals surface area contributed by atoms with E-state index in [0.29, 0.717) is 6.61 Å². The summed E-state index contributed by atoms with van der Waals surface area (Å²) in [5.41, 5.74) is 6.14. The normalized spacial score (nSPS) is 15.7. The minimum absolute atomic E-state index is 0.163. The maximum absolute atomic E-state index is 6.14. The molecule has 4 heteroatoms. The van der Waals surface area contributed by atoms with Gasteiger partial charge in [-0.15, -0.1) is 0 Å². The Balaban J connectivity index is 2.12. The zero-order valence-electron chi connectivity index (χ0n) is 16.0. The molecule has 0 saturated carbocycles. The van der Waals surface area contributed by atoms with E-state index in [1.54, 1.807) is 0 Å². The van der Waals surface area contributed by atoms with E-state index in [2.05, 4.69) is 94.9 Å². The Morgan fingerprint density at radius 3 is 2.33 bits per heavy atom. The summed E-state index contributed by atoms with van der Waals surface area (Å²) >= 11 is 2.23. The summed E-state index contributed by atoms with van der Waals surface area (Å²) in [6, 6.07) is 17.8. The van der Waals surface area contributed by atoms with E-state index in [4.69, 9.17) is 9.73 Å². The van der Waals surface area contributed by atoms with Crippen molar-refractivity contribution in [2.45, 2.75) is 33.2 Å². The van der Waals surface area contributed by atoms with E-state index in [-0.39, 0.29) is 22.5 Å². The summed E-state index contributed by atoms with van der Waals surface area (Å²) in [7, 11) is 0. The summed E-state index contributed by atoms with van der Waals surface area (Å²) in [4.78, 5) is 4.95. The van der Waals surface area contributed by atoms with Crippen LogP contribution in [0.15, 0.2) is 53.5 Å². The molecule has 0 amide bonds. The van der Waals surface area contributed by atoms with Gasteiger partial charge in [-0.1, -0.05) is 0 Å². The Morgan fingerprint density at radius 2 is 1.70 bits per heavy atom. The topological polar surface area (TPSA) is 21.6 Å². The molecule has 0 aliphatic carbocycles. The zero-order valence-corrected chi connectivity index (χ0v) is 20.5. The molecule has 1 aliphatic heterocycles. The van der Waals surface area contributed by atoms with Crippen LogP contribution in [0.1, 0.15) is 30.5 Å². The fourth-order valence-corrected chi connectivity index (χ4v) is 7.31. The van der Waals surface area contributed by atoms with Gasteiger partial charge in [0.2, 0.25) is 0 Å². The third-order valence-corrected chi connectivity index (χ3v) is 9.36. The molecule has 1 aliphatic rings. The maximum atomic E-state index is 6.14. The molecule has 27 heavy (non-hydrogen) atoms. The fourth-order valence-electron chi connectivity index (χ4n) is 3.73. The number of ether oxygens (including phenoxy) is 1. The van der Waals surface area contributed by atoms with Gasteiger partial charge in [-0.2, -0.15) is 0 Å². The van der Waals surface area contributed by atoms with Crippen molar-refractivity contribution in [1.29, 1.82) is 0 Å². The van der Waals surface area contributed by atoms with Crippen molar-refractivity contribution >= 4 is 56.0 Å². The summed E-state index contributed by atoms with van der Waals surface area (Å²) in [5, 5.41) is 2.57. The van der Waals surface area contributed by atoms with Crippen LogP contribution in [0, 0.1) is 13.8 Å². The molecule has 2 nitrogen and oxygen atoms in total. The molecule has 0 spiro atoms. The van der Waals surface area contributed by atoms with E-state index in [0.717, 1.165) is 5.90 Å². The van der Waals surface area contributed by atoms with Crippen LogP contribution in [0.5, 0.6) is 0 Å². The number of nitrogens with zero attached hydrogens (tertiary/aromatic N) is 1. The monoisotopic (exact) mass is 585 g/mol. The second kappa shape index (κ2) is 7.39. The van der Waals surface area contributed by atoms with Crippen molar-refractivity contribution in [3.05, 3.63) is 65.2 Å². The number of benzene rings is 3. The van der Waals surface area contributed by atoms with Gasteiger partial charge in [0.25, 0.3) is 0 Å². The van der Waals surface area contributed by atoms with Gasteiger partial charge in [0.05, 0.1) is 0 Å². The van der Waals surface area contributed by atoms with Crippen molar-refractivity contribution in [1.82, 2.24) is 0 Å². The van der Waals surface area contributed by atoms with Gasteiger partial charge in [-0.25, -0.2) is 0 Å². The summed E-state index contributed by atoms with van der Waals surface area (Å²) in [5.74, 6) is 0.816. The molecule has 4 rings (SSSR count). The molecular weight excluding hydrogens is 561 g/mol. The van der Waals surface area contributed by atoms with Crippen LogP contribution in [0.4, 0.5) is 0 Å². The first-order chi connectivity index (χ1) is 12.9. The molecule has 0 unspecified atom stereocenters. The first-order valence-corrected chi connectivity index (χ1v) is 17.0. The SMILES string of the molecule is Cc1cc(C)cc(-c2c(C3=NC(C)(C)CO3)c([Te]I)cc3ccccc23)c1. The van der Waals surface area contributed by atoms with Crippen molar-refractivity contribution in [2.75, 3.05) is 6.61 Å². The van der Waals surface area contributed by atoms with Gasteiger partial charge < -0.3 is 0 Å². The van der Waals surface area contributed by atoms with Crippen LogP contribution in [0.3, 0.4) is 0 Å². The molecule has 0 N–H and O–H groups in total. The van der Waals surface area contributed by atoms with Crippen LogP contribution in [0.25, 0.3) is 21.9 Å². The van der Waals surface area contributed by atoms with Crippen molar-refractivity contribution in [2.24, 2.45) is 4.99 Å². The summed E-state index contributed by atoms with van der Waals surface area (Å²) in [6.45, 7) is 9.25. The Morgan fingerprint density at radius 1 is 1.00 bits per heavy atom. The van der Waals surface area contributed by atoms with Crippen molar-refractivity contribution in [3.63, 3.8) is 0 Å². The predicted octanol–water partition coefficient (Wildman–Crippen LogP) is 5.36. The van der Waals surface area contributed by atoms with E-state index < -0.39 is 0 Å². The number of halogens is 1. The van der Waals surface area contributed by atoms with Gasteiger partial charge in [0.1, 0.15) is 0 Å². The number of aryl methyl sites for hydroxylation is 2. The van der Waals surface area contributed by atoms with E-state index in [1.165, 1.54) is 42.2 Å². The van der Waals surface area contributed by atoms with Crippen molar-refractivity contribution < 1.29 is 4.74 Å². The van der Waals surface area contributed by atoms with Gasteiger partial charge in [0.15, 0.2) is 0 Å². The minimum atomic E-state index is -0.346. The van der Waals surface area contributed by atoms with Gasteiger partial charge >= 0.3 is 182 Å². The third-order valence-electron chi connectivity index (χ3n) is 4.79. The molecular formula is C23H22INOTe. The zero-order chi connectivity index (χ0) is 19.2. The van der Waals surface area contributed by atoms with Gasteiger partial charge in [0, 0.05) is 0 Å². The molecule has 3 aromatic carbocycles. The van der Waals surface area contributed by atoms with Crippen LogP contribution in [-0.2, 0) is 4.74 Å². The second-order valence-electron chi connectivity index (χ2n) is 7.82. The van der Waals surface area contributed by atoms with Crippen LogP contribution >= 0.6 is 18.7 Å². The first-order valence-electron chi connectivity index (χ1n) is 9.04. The molecule has 138 valence electrons. The van der Waals surface area contributed by atoms with Gasteiger partial charge in [-0.05, 0) is 0 Å². The Kier molecular flexibility index (Phi) is 5.26. The average Bonchev–Trinajstić information content (AvgIpc) is 2.98. The Bertz CT molecular complexity index is 1050. The number of aliphatic imine (C=N–C) groups is 1. The molecule has 0 radical (unpaired) electrons. The van der Waals surface area contributed by atoms with E-state index >= 15 is 0 Å². The van der Waals surface area contributed by atoms with Crippen LogP contribution in [0.2, 0.25) is 0 Å². The number of rotatable bonds is 3. The second-order valence-corrected chi connectivity index (χ2v) is 12.5. The Hall–Kier alpha value is -1.09. The molecule has 3 aromatic rings. The molecule has 0 fully saturated rings. The molecule has 0 bridgehead atoms. The third kappa shape index (κ3) is 3.77. The molecule has 0 aromatic heterocycles. The number of hydrogen-bond acceptors (Lipinski definition) is 2. The molecule has 1 heterocycles. The number of hydrogen-bond donors (Lipinski definition) is 0. The average molecular weight is 583 g/mol. The quantitative estimate of drug-likeness (QED) is 0.301. The first kappa shape index (κ1) is 19.2. The summed E-state index contributed by atoms with van der Waals surface area (Å²) < 4.78 is 7.54. The Labute approximate surface area is 180 Å².